The second kappa shape index (κ2) is 4.30. The first-order valence-electron chi connectivity index (χ1n) is 5.34. The molecule has 0 fully saturated rings. The number of benzene rings is 1. The Bertz CT molecular complexity index is 365. The molecule has 15 heavy (non-hydrogen) atoms. The maximum absolute atomic E-state index is 13.7. The highest BCUT2D eigenvalue weighted by atomic mass is 19.1. The molecule has 0 unspecified atom stereocenters. The zero-order valence-corrected chi connectivity index (χ0v) is 9.99. The van der Waals surface area contributed by atoms with Gasteiger partial charge in [0.2, 0.25) is 0 Å². The molecular weight excluding hydrogens is 194 g/mol. The van der Waals surface area contributed by atoms with Gasteiger partial charge < -0.3 is 0 Å². The lowest BCUT2D eigenvalue weighted by atomic mass is 9.86. The number of rotatable bonds is 2. The van der Waals surface area contributed by atoms with E-state index in [1.165, 1.54) is 0 Å². The molecule has 0 saturated carbocycles. The van der Waals surface area contributed by atoms with Gasteiger partial charge in [-0.2, -0.15) is 0 Å². The molecule has 0 radical (unpaired) electrons. The van der Waals surface area contributed by atoms with Crippen molar-refractivity contribution in [3.63, 3.8) is 0 Å². The minimum absolute atomic E-state index is 0.0849. The van der Waals surface area contributed by atoms with Crippen molar-refractivity contribution in [2.75, 3.05) is 0 Å². The maximum Gasteiger partial charge on any atom is 0.129 e. The van der Waals surface area contributed by atoms with Gasteiger partial charge in [-0.05, 0) is 35.4 Å². The van der Waals surface area contributed by atoms with E-state index < -0.39 is 11.6 Å². The summed E-state index contributed by atoms with van der Waals surface area (Å²) in [6.45, 7) is 9.51. The number of halogens is 2. The van der Waals surface area contributed by atoms with E-state index in [9.17, 15) is 8.78 Å². The van der Waals surface area contributed by atoms with Crippen LogP contribution in [-0.2, 0) is 0 Å². The van der Waals surface area contributed by atoms with Crippen molar-refractivity contribution >= 4 is 0 Å². The lowest BCUT2D eigenvalue weighted by Crippen LogP contribution is -2.07. The van der Waals surface area contributed by atoms with Gasteiger partial charge in [0, 0.05) is 6.07 Å². The van der Waals surface area contributed by atoms with Crippen LogP contribution in [0.4, 0.5) is 8.78 Å². The summed E-state index contributed by atoms with van der Waals surface area (Å²) >= 11 is 0. The van der Waals surface area contributed by atoms with E-state index in [0.717, 1.165) is 11.6 Å². The Hall–Kier alpha value is -0.920. The Kier molecular flexibility index (Phi) is 3.48. The molecule has 0 N–H and O–H groups in total. The third kappa shape index (κ3) is 2.19. The number of hydrogen-bond acceptors (Lipinski definition) is 0. The molecule has 0 spiro atoms. The quantitative estimate of drug-likeness (QED) is 0.676. The van der Waals surface area contributed by atoms with Crippen LogP contribution in [0.3, 0.4) is 0 Å². The molecule has 0 aliphatic carbocycles. The molecule has 0 aliphatic rings. The summed E-state index contributed by atoms with van der Waals surface area (Å²) in [7, 11) is 0. The van der Waals surface area contributed by atoms with Gasteiger partial charge in [-0.15, -0.1) is 0 Å². The van der Waals surface area contributed by atoms with Gasteiger partial charge in [0.15, 0.2) is 0 Å². The summed E-state index contributed by atoms with van der Waals surface area (Å²) < 4.78 is 27.1. The fourth-order valence-electron chi connectivity index (χ4n) is 2.09. The van der Waals surface area contributed by atoms with Crippen molar-refractivity contribution in [1.29, 1.82) is 0 Å². The Morgan fingerprint density at radius 2 is 1.33 bits per heavy atom. The van der Waals surface area contributed by atoms with Crippen LogP contribution in [0.2, 0.25) is 0 Å². The van der Waals surface area contributed by atoms with Crippen molar-refractivity contribution in [2.24, 2.45) is 0 Å². The summed E-state index contributed by atoms with van der Waals surface area (Å²) in [6.07, 6.45) is 0. The van der Waals surface area contributed by atoms with Crippen molar-refractivity contribution in [3.05, 3.63) is 34.4 Å². The largest absolute Gasteiger partial charge is 0.207 e. The van der Waals surface area contributed by atoms with E-state index in [0.29, 0.717) is 11.1 Å². The van der Waals surface area contributed by atoms with Crippen molar-refractivity contribution in [1.82, 2.24) is 0 Å². The first-order chi connectivity index (χ1) is 6.86. The van der Waals surface area contributed by atoms with Crippen molar-refractivity contribution in [3.8, 4) is 0 Å². The Balaban J connectivity index is 3.54. The zero-order chi connectivity index (χ0) is 11.7. The molecule has 0 atom stereocenters. The van der Waals surface area contributed by atoms with E-state index in [1.807, 2.05) is 27.7 Å². The van der Waals surface area contributed by atoms with Gasteiger partial charge in [0.1, 0.15) is 11.6 Å². The van der Waals surface area contributed by atoms with Crippen LogP contribution in [0.5, 0.6) is 0 Å². The molecule has 0 aliphatic heterocycles. The highest BCUT2D eigenvalue weighted by molar-refractivity contribution is 5.40. The van der Waals surface area contributed by atoms with Crippen LogP contribution in [-0.4, -0.2) is 0 Å². The fourth-order valence-corrected chi connectivity index (χ4v) is 2.09. The summed E-state index contributed by atoms with van der Waals surface area (Å²) in [4.78, 5) is 0. The van der Waals surface area contributed by atoms with Gasteiger partial charge in [-0.1, -0.05) is 27.7 Å². The van der Waals surface area contributed by atoms with Gasteiger partial charge in [0.25, 0.3) is 0 Å². The first kappa shape index (κ1) is 12.2. The molecule has 1 rings (SSSR count). The standard InChI is InChI=1S/C13H18F2/c1-7(2)12-9(5)10(14)6-11(15)13(12)8(3)4/h6-8H,1-5H3. The summed E-state index contributed by atoms with van der Waals surface area (Å²) in [6, 6.07) is 0.997. The zero-order valence-electron chi connectivity index (χ0n) is 9.99. The van der Waals surface area contributed by atoms with E-state index >= 15 is 0 Å². The monoisotopic (exact) mass is 212 g/mol. The van der Waals surface area contributed by atoms with E-state index in [1.54, 1.807) is 6.92 Å². The highest BCUT2D eigenvalue weighted by Gasteiger charge is 2.19. The van der Waals surface area contributed by atoms with E-state index in [4.69, 9.17) is 0 Å². The molecule has 0 bridgehead atoms. The normalized spacial score (nSPS) is 11.5. The average Bonchev–Trinajstić information content (AvgIpc) is 2.09. The first-order valence-corrected chi connectivity index (χ1v) is 5.34. The molecule has 1 aromatic carbocycles. The molecule has 0 heterocycles. The molecule has 2 heteroatoms. The van der Waals surface area contributed by atoms with Crippen LogP contribution in [0.25, 0.3) is 0 Å². The smallest absolute Gasteiger partial charge is 0.129 e. The Morgan fingerprint density at radius 1 is 0.867 bits per heavy atom. The predicted molar refractivity (Wildman–Crippen MR) is 59.3 cm³/mol. The van der Waals surface area contributed by atoms with Crippen molar-refractivity contribution < 1.29 is 8.78 Å². The Labute approximate surface area is 90.3 Å². The SMILES string of the molecule is Cc1c(F)cc(F)c(C(C)C)c1C(C)C. The second-order valence-corrected chi connectivity index (χ2v) is 4.60. The number of hydrogen-bond donors (Lipinski definition) is 0. The molecule has 0 amide bonds. The second-order valence-electron chi connectivity index (χ2n) is 4.60. The summed E-state index contributed by atoms with van der Waals surface area (Å²) in [5, 5.41) is 0. The fraction of sp³-hybridized carbons (Fsp3) is 0.538. The molecular formula is C13H18F2. The van der Waals surface area contributed by atoms with Crippen LogP contribution in [0.15, 0.2) is 6.07 Å². The van der Waals surface area contributed by atoms with Gasteiger partial charge in [-0.3, -0.25) is 0 Å². The van der Waals surface area contributed by atoms with E-state index in [2.05, 4.69) is 0 Å². The van der Waals surface area contributed by atoms with Crippen LogP contribution < -0.4 is 0 Å². The summed E-state index contributed by atoms with van der Waals surface area (Å²) in [5.74, 6) is -0.633. The minimum atomic E-state index is -0.444. The van der Waals surface area contributed by atoms with E-state index in [-0.39, 0.29) is 11.8 Å². The summed E-state index contributed by atoms with van der Waals surface area (Å²) in [5.41, 5.74) is 2.06. The van der Waals surface area contributed by atoms with Gasteiger partial charge in [0.05, 0.1) is 0 Å². The van der Waals surface area contributed by atoms with Gasteiger partial charge >= 0.3 is 0 Å². The van der Waals surface area contributed by atoms with Crippen molar-refractivity contribution in [2.45, 2.75) is 46.5 Å². The third-order valence-electron chi connectivity index (χ3n) is 2.72. The molecule has 0 aromatic heterocycles. The third-order valence-corrected chi connectivity index (χ3v) is 2.72. The Morgan fingerprint density at radius 3 is 1.73 bits per heavy atom. The molecule has 0 saturated heterocycles. The molecule has 1 aromatic rings. The predicted octanol–water partition coefficient (Wildman–Crippen LogP) is 4.52. The lowest BCUT2D eigenvalue weighted by molar-refractivity contribution is 0.549. The topological polar surface area (TPSA) is 0 Å². The minimum Gasteiger partial charge on any atom is -0.207 e. The molecule has 0 nitrogen and oxygen atoms in total. The van der Waals surface area contributed by atoms with Crippen LogP contribution in [0.1, 0.15) is 56.2 Å². The molecule has 84 valence electrons. The van der Waals surface area contributed by atoms with Gasteiger partial charge in [-0.25, -0.2) is 8.78 Å². The lowest BCUT2D eigenvalue weighted by Gasteiger charge is -2.19. The van der Waals surface area contributed by atoms with Crippen LogP contribution in [0, 0.1) is 18.6 Å². The average molecular weight is 212 g/mol. The van der Waals surface area contributed by atoms with Crippen LogP contribution >= 0.6 is 0 Å². The highest BCUT2D eigenvalue weighted by Crippen LogP contribution is 2.32. The maximum atomic E-state index is 13.7.